The van der Waals surface area contributed by atoms with Crippen molar-refractivity contribution in [1.29, 1.82) is 0 Å². The fourth-order valence-electron chi connectivity index (χ4n) is 4.25. The van der Waals surface area contributed by atoms with E-state index in [1.807, 2.05) is 0 Å². The zero-order valence-electron chi connectivity index (χ0n) is 21.7. The fraction of sp³-hybridized carbons (Fsp3) is 0.192. The van der Waals surface area contributed by atoms with Gasteiger partial charge in [-0.2, -0.15) is 23.3 Å². The molecular formula is C26H23F4N9O2. The maximum Gasteiger partial charge on any atom is 0.435 e. The third-order valence-electron chi connectivity index (χ3n) is 6.18. The Balaban J connectivity index is 1.40. The number of nitrogens with zero attached hydrogens (tertiary/aromatic N) is 6. The summed E-state index contributed by atoms with van der Waals surface area (Å²) in [6, 6.07) is 10.8. The van der Waals surface area contributed by atoms with Crippen molar-refractivity contribution >= 4 is 41.0 Å². The number of anilines is 5. The third-order valence-corrected chi connectivity index (χ3v) is 6.18. The molecular weight excluding hydrogens is 546 g/mol. The molecule has 0 fully saturated rings. The first-order chi connectivity index (χ1) is 19.6. The molecule has 4 aromatic rings. The van der Waals surface area contributed by atoms with E-state index >= 15 is 0 Å². The van der Waals surface area contributed by atoms with Crippen LogP contribution in [0.1, 0.15) is 18.2 Å². The Morgan fingerprint density at radius 1 is 1.05 bits per heavy atom. The van der Waals surface area contributed by atoms with Crippen molar-refractivity contribution in [3.05, 3.63) is 77.9 Å². The summed E-state index contributed by atoms with van der Waals surface area (Å²) in [5.41, 5.74) is -0.342. The highest BCUT2D eigenvalue weighted by molar-refractivity contribution is 6.06. The monoisotopic (exact) mass is 569 g/mol. The Morgan fingerprint density at radius 3 is 2.49 bits per heavy atom. The van der Waals surface area contributed by atoms with E-state index in [9.17, 15) is 27.2 Å². The van der Waals surface area contributed by atoms with E-state index in [4.69, 9.17) is 0 Å². The lowest BCUT2D eigenvalue weighted by molar-refractivity contribution is -0.141. The normalized spacial score (nSPS) is 13.2. The van der Waals surface area contributed by atoms with Gasteiger partial charge in [0.15, 0.2) is 5.69 Å². The molecule has 0 unspecified atom stereocenters. The number of hydrogen-bond donors (Lipinski definition) is 3. The molecule has 2 aromatic carbocycles. The number of alkyl halides is 3. The standard InChI is InChI=1S/C26H23F4N9O2/c1-3-37-22-15(13-32-23(31-2)35-22)14-38(25(37)41)17-9-10-18(27)19(11-17)33-24(40)34-21-12-20(26(28,29)30)36-39(21)16-7-5-4-6-8-16/h4-13H,3,14H2,1-2H3,(H,31,32,35)(H2,33,34,40). The molecule has 0 radical (unpaired) electrons. The first kappa shape index (κ1) is 27.4. The maximum atomic E-state index is 14.8. The fourth-order valence-corrected chi connectivity index (χ4v) is 4.25. The molecule has 3 N–H and O–H groups in total. The Morgan fingerprint density at radius 2 is 1.80 bits per heavy atom. The molecule has 0 saturated carbocycles. The van der Waals surface area contributed by atoms with E-state index in [1.165, 1.54) is 34.1 Å². The first-order valence-corrected chi connectivity index (χ1v) is 12.3. The second-order valence-corrected chi connectivity index (χ2v) is 8.81. The van der Waals surface area contributed by atoms with Gasteiger partial charge in [0, 0.05) is 37.1 Å². The van der Waals surface area contributed by atoms with Crippen LogP contribution in [0.15, 0.2) is 60.8 Å². The average molecular weight is 570 g/mol. The zero-order valence-corrected chi connectivity index (χ0v) is 21.7. The second-order valence-electron chi connectivity index (χ2n) is 8.81. The molecule has 0 aliphatic carbocycles. The van der Waals surface area contributed by atoms with Crippen LogP contribution in [0.25, 0.3) is 5.69 Å². The van der Waals surface area contributed by atoms with Gasteiger partial charge in [-0.15, -0.1) is 0 Å². The molecule has 0 bridgehead atoms. The van der Waals surface area contributed by atoms with Gasteiger partial charge in [0.05, 0.1) is 17.9 Å². The lowest BCUT2D eigenvalue weighted by atomic mass is 10.1. The van der Waals surface area contributed by atoms with Crippen LogP contribution < -0.4 is 25.8 Å². The summed E-state index contributed by atoms with van der Waals surface area (Å²) in [5, 5.41) is 11.0. The van der Waals surface area contributed by atoms with Crippen molar-refractivity contribution in [3.63, 3.8) is 0 Å². The van der Waals surface area contributed by atoms with Gasteiger partial charge < -0.3 is 10.6 Å². The predicted octanol–water partition coefficient (Wildman–Crippen LogP) is 5.47. The van der Waals surface area contributed by atoms with Gasteiger partial charge in [-0.05, 0) is 37.3 Å². The molecule has 3 heterocycles. The Kier molecular flexibility index (Phi) is 7.17. The molecule has 4 amide bonds. The molecule has 5 rings (SSSR count). The Labute approximate surface area is 230 Å². The van der Waals surface area contributed by atoms with Gasteiger partial charge in [0.1, 0.15) is 17.5 Å². The third kappa shape index (κ3) is 5.46. The van der Waals surface area contributed by atoms with E-state index in [2.05, 4.69) is 31.0 Å². The summed E-state index contributed by atoms with van der Waals surface area (Å²) in [6.45, 7) is 2.16. The Hall–Kier alpha value is -5.21. The largest absolute Gasteiger partial charge is 0.435 e. The highest BCUT2D eigenvalue weighted by Gasteiger charge is 2.36. The predicted molar refractivity (Wildman–Crippen MR) is 144 cm³/mol. The molecule has 41 heavy (non-hydrogen) atoms. The number of urea groups is 2. The van der Waals surface area contributed by atoms with Gasteiger partial charge in [-0.3, -0.25) is 15.1 Å². The quantitative estimate of drug-likeness (QED) is 0.265. The molecule has 1 aliphatic heterocycles. The first-order valence-electron chi connectivity index (χ1n) is 12.3. The van der Waals surface area contributed by atoms with Gasteiger partial charge in [-0.25, -0.2) is 23.6 Å². The summed E-state index contributed by atoms with van der Waals surface area (Å²) in [6.07, 6.45) is -3.18. The van der Waals surface area contributed by atoms with Crippen molar-refractivity contribution in [2.24, 2.45) is 0 Å². The molecule has 0 spiro atoms. The van der Waals surface area contributed by atoms with Crippen molar-refractivity contribution in [2.45, 2.75) is 19.6 Å². The Bertz CT molecular complexity index is 1610. The van der Waals surface area contributed by atoms with Crippen LogP contribution in [-0.4, -0.2) is 45.4 Å². The number of amides is 4. The average Bonchev–Trinajstić information content (AvgIpc) is 3.38. The number of benzene rings is 2. The van der Waals surface area contributed by atoms with Crippen LogP contribution in [-0.2, 0) is 12.7 Å². The van der Waals surface area contributed by atoms with Crippen molar-refractivity contribution < 1.29 is 27.2 Å². The summed E-state index contributed by atoms with van der Waals surface area (Å²) < 4.78 is 55.8. The number of rotatable bonds is 6. The number of aromatic nitrogens is 4. The lowest BCUT2D eigenvalue weighted by Gasteiger charge is -2.35. The van der Waals surface area contributed by atoms with Gasteiger partial charge >= 0.3 is 18.2 Å². The zero-order chi connectivity index (χ0) is 29.3. The maximum absolute atomic E-state index is 14.8. The molecule has 15 heteroatoms. The number of carbonyl (C=O) groups is 2. The number of carbonyl (C=O) groups excluding carboxylic acids is 2. The van der Waals surface area contributed by atoms with E-state index in [0.29, 0.717) is 29.9 Å². The van der Waals surface area contributed by atoms with Gasteiger partial charge in [0.25, 0.3) is 0 Å². The SMILES string of the molecule is CCN1C(=O)N(c2ccc(F)c(NC(=O)Nc3cc(C(F)(F)F)nn3-c3ccccc3)c2)Cc2cnc(NC)nc21. The highest BCUT2D eigenvalue weighted by atomic mass is 19.4. The van der Waals surface area contributed by atoms with Crippen molar-refractivity contribution in [3.8, 4) is 5.69 Å². The number of hydrogen-bond acceptors (Lipinski definition) is 6. The molecule has 2 aromatic heterocycles. The van der Waals surface area contributed by atoms with Crippen molar-refractivity contribution in [1.82, 2.24) is 19.7 Å². The summed E-state index contributed by atoms with van der Waals surface area (Å²) >= 11 is 0. The number of fused-ring (bicyclic) bond motifs is 1. The van der Waals surface area contributed by atoms with E-state index in [0.717, 1.165) is 10.7 Å². The summed E-state index contributed by atoms with van der Waals surface area (Å²) in [5.74, 6) is -0.324. The van der Waals surface area contributed by atoms with Crippen LogP contribution in [0.4, 0.5) is 56.1 Å². The number of halogens is 4. The topological polar surface area (TPSA) is 120 Å². The van der Waals surface area contributed by atoms with Crippen molar-refractivity contribution in [2.75, 3.05) is 39.3 Å². The van der Waals surface area contributed by atoms with E-state index < -0.39 is 29.7 Å². The minimum atomic E-state index is -4.76. The molecule has 1 aliphatic rings. The van der Waals surface area contributed by atoms with Gasteiger partial charge in [0.2, 0.25) is 5.95 Å². The number of nitrogens with one attached hydrogen (secondary N) is 3. The number of para-hydroxylation sites is 1. The highest BCUT2D eigenvalue weighted by Crippen LogP contribution is 2.33. The van der Waals surface area contributed by atoms with Crippen LogP contribution in [0.5, 0.6) is 0 Å². The van der Waals surface area contributed by atoms with E-state index in [-0.39, 0.29) is 29.4 Å². The van der Waals surface area contributed by atoms with Crippen LogP contribution in [0.2, 0.25) is 0 Å². The molecule has 0 atom stereocenters. The van der Waals surface area contributed by atoms with Crippen LogP contribution >= 0.6 is 0 Å². The van der Waals surface area contributed by atoms with Crippen LogP contribution in [0, 0.1) is 5.82 Å². The summed E-state index contributed by atoms with van der Waals surface area (Å²) in [7, 11) is 1.66. The minimum Gasteiger partial charge on any atom is -0.357 e. The van der Waals surface area contributed by atoms with Crippen LogP contribution in [0.3, 0.4) is 0 Å². The summed E-state index contributed by atoms with van der Waals surface area (Å²) in [4.78, 5) is 37.5. The lowest BCUT2D eigenvalue weighted by Crippen LogP contribution is -2.48. The van der Waals surface area contributed by atoms with Gasteiger partial charge in [-0.1, -0.05) is 18.2 Å². The molecule has 212 valence electrons. The second kappa shape index (κ2) is 10.7. The molecule has 0 saturated heterocycles. The molecule has 11 nitrogen and oxygen atoms in total. The smallest absolute Gasteiger partial charge is 0.357 e. The van der Waals surface area contributed by atoms with E-state index in [1.54, 1.807) is 38.4 Å². The minimum absolute atomic E-state index is 0.0857.